The molecule has 0 bridgehead atoms. The van der Waals surface area contributed by atoms with Crippen LogP contribution in [-0.4, -0.2) is 58.5 Å². The number of fused-ring (bicyclic) bond motifs is 1. The van der Waals surface area contributed by atoms with E-state index in [0.29, 0.717) is 25.4 Å². The van der Waals surface area contributed by atoms with Gasteiger partial charge in [0.05, 0.1) is 12.3 Å². The van der Waals surface area contributed by atoms with E-state index in [2.05, 4.69) is 19.9 Å². The molecule has 1 fully saturated rings. The minimum Gasteiger partial charge on any atom is -0.494 e. The van der Waals surface area contributed by atoms with E-state index in [4.69, 9.17) is 4.74 Å². The number of aromatic nitrogens is 3. The lowest BCUT2D eigenvalue weighted by molar-refractivity contribution is 0.0741. The van der Waals surface area contributed by atoms with Gasteiger partial charge in [0.15, 0.2) is 0 Å². The Kier molecular flexibility index (Phi) is 5.46. The van der Waals surface area contributed by atoms with Crippen molar-refractivity contribution in [3.63, 3.8) is 0 Å². The highest BCUT2D eigenvalue weighted by molar-refractivity contribution is 5.98. The number of benzene rings is 2. The molecule has 0 radical (unpaired) electrons. The number of rotatable bonds is 5. The van der Waals surface area contributed by atoms with Gasteiger partial charge < -0.3 is 19.5 Å². The minimum atomic E-state index is 0.0404. The molecule has 1 aliphatic rings. The van der Waals surface area contributed by atoms with Gasteiger partial charge in [-0.25, -0.2) is 9.97 Å². The third-order valence-electron chi connectivity index (χ3n) is 5.76. The van der Waals surface area contributed by atoms with Crippen molar-refractivity contribution in [1.29, 1.82) is 0 Å². The van der Waals surface area contributed by atoms with Gasteiger partial charge >= 0.3 is 0 Å². The molecule has 0 saturated carbocycles. The van der Waals surface area contributed by atoms with E-state index in [1.165, 1.54) is 0 Å². The first-order valence-corrected chi connectivity index (χ1v) is 10.9. The second-order valence-corrected chi connectivity index (χ2v) is 7.77. The number of piperazine rings is 1. The van der Waals surface area contributed by atoms with Crippen LogP contribution in [0.25, 0.3) is 22.2 Å². The average molecular weight is 428 g/mol. The number of hydrogen-bond acceptors (Lipinski definition) is 5. The maximum absolute atomic E-state index is 13.0. The molecule has 0 unspecified atom stereocenters. The minimum absolute atomic E-state index is 0.0404. The molecule has 4 aromatic rings. The molecule has 1 amide bonds. The van der Waals surface area contributed by atoms with Crippen LogP contribution in [0.3, 0.4) is 0 Å². The van der Waals surface area contributed by atoms with Crippen LogP contribution < -0.4 is 9.64 Å². The molecule has 1 aliphatic heterocycles. The number of anilines is 1. The molecule has 5 rings (SSSR count). The summed E-state index contributed by atoms with van der Waals surface area (Å²) in [5, 5.41) is 1.05. The fourth-order valence-electron chi connectivity index (χ4n) is 4.06. The van der Waals surface area contributed by atoms with Crippen LogP contribution in [0, 0.1) is 0 Å². The fourth-order valence-corrected chi connectivity index (χ4v) is 4.06. The molecule has 0 atom stereocenters. The molecule has 2 aromatic carbocycles. The van der Waals surface area contributed by atoms with E-state index in [-0.39, 0.29) is 5.91 Å². The summed E-state index contributed by atoms with van der Waals surface area (Å²) < 4.78 is 5.52. The zero-order valence-corrected chi connectivity index (χ0v) is 18.0. The van der Waals surface area contributed by atoms with Gasteiger partial charge in [-0.05, 0) is 43.3 Å². The zero-order chi connectivity index (χ0) is 21.9. The zero-order valence-electron chi connectivity index (χ0n) is 18.0. The van der Waals surface area contributed by atoms with Gasteiger partial charge in [0.2, 0.25) is 0 Å². The Labute approximate surface area is 186 Å². The predicted molar refractivity (Wildman–Crippen MR) is 125 cm³/mol. The number of carbonyl (C=O) groups is 1. The van der Waals surface area contributed by atoms with Crippen molar-refractivity contribution in [2.75, 3.05) is 37.7 Å². The molecule has 2 aromatic heterocycles. The highest BCUT2D eigenvalue weighted by atomic mass is 16.5. The number of ether oxygens (including phenoxy) is 1. The van der Waals surface area contributed by atoms with E-state index < -0.39 is 0 Å². The summed E-state index contributed by atoms with van der Waals surface area (Å²) >= 11 is 0. The molecule has 1 N–H and O–H groups in total. The number of hydrogen-bond donors (Lipinski definition) is 1. The molecule has 7 nitrogen and oxygen atoms in total. The SMILES string of the molecule is CCOc1ccc(-c2cc(N3CCN(C(=O)c4cc5ccccc5[nH]4)CC3)ncn2)cc1. The summed E-state index contributed by atoms with van der Waals surface area (Å²) in [7, 11) is 0. The Morgan fingerprint density at radius 2 is 1.78 bits per heavy atom. The van der Waals surface area contributed by atoms with Crippen LogP contribution in [0.1, 0.15) is 17.4 Å². The number of nitrogens with zero attached hydrogens (tertiary/aromatic N) is 4. The molecule has 0 spiro atoms. The predicted octanol–water partition coefficient (Wildman–Crippen LogP) is 3.99. The van der Waals surface area contributed by atoms with E-state index in [9.17, 15) is 4.79 Å². The van der Waals surface area contributed by atoms with Gasteiger partial charge in [-0.1, -0.05) is 18.2 Å². The Hall–Kier alpha value is -3.87. The lowest BCUT2D eigenvalue weighted by atomic mass is 10.1. The van der Waals surface area contributed by atoms with E-state index in [0.717, 1.165) is 46.8 Å². The molecule has 1 saturated heterocycles. The van der Waals surface area contributed by atoms with Crippen molar-refractivity contribution in [3.05, 3.63) is 72.7 Å². The van der Waals surface area contributed by atoms with Gasteiger partial charge in [0.1, 0.15) is 23.6 Å². The summed E-state index contributed by atoms with van der Waals surface area (Å²) in [6, 6.07) is 19.8. The quantitative estimate of drug-likeness (QED) is 0.521. The first-order chi connectivity index (χ1) is 15.7. The van der Waals surface area contributed by atoms with Crippen molar-refractivity contribution in [3.8, 4) is 17.0 Å². The summed E-state index contributed by atoms with van der Waals surface area (Å²) in [6.45, 7) is 5.37. The van der Waals surface area contributed by atoms with Crippen LogP contribution >= 0.6 is 0 Å². The number of nitrogens with one attached hydrogen (secondary N) is 1. The highest BCUT2D eigenvalue weighted by Gasteiger charge is 2.24. The van der Waals surface area contributed by atoms with E-state index in [1.54, 1.807) is 6.33 Å². The lowest BCUT2D eigenvalue weighted by Gasteiger charge is -2.35. The normalized spacial score (nSPS) is 14.0. The van der Waals surface area contributed by atoms with E-state index >= 15 is 0 Å². The Morgan fingerprint density at radius 3 is 2.53 bits per heavy atom. The standard InChI is InChI=1S/C25H25N5O2/c1-2-32-20-9-7-18(8-10-20)22-16-24(27-17-26-22)29-11-13-30(14-12-29)25(31)23-15-19-5-3-4-6-21(19)28-23/h3-10,15-17,28H,2,11-14H2,1H3. The largest absolute Gasteiger partial charge is 0.494 e. The Morgan fingerprint density at radius 1 is 1.00 bits per heavy atom. The number of para-hydroxylation sites is 1. The van der Waals surface area contributed by atoms with Gasteiger partial charge in [-0.2, -0.15) is 0 Å². The Balaban J connectivity index is 1.26. The van der Waals surface area contributed by atoms with Gasteiger partial charge in [0.25, 0.3) is 5.91 Å². The Bertz CT molecular complexity index is 1190. The third-order valence-corrected chi connectivity index (χ3v) is 5.76. The van der Waals surface area contributed by atoms with Crippen LogP contribution in [0.2, 0.25) is 0 Å². The number of amides is 1. The average Bonchev–Trinajstić information content (AvgIpc) is 3.29. The van der Waals surface area contributed by atoms with Crippen LogP contribution in [0.5, 0.6) is 5.75 Å². The summed E-state index contributed by atoms with van der Waals surface area (Å²) in [6.07, 6.45) is 1.60. The van der Waals surface area contributed by atoms with Gasteiger partial charge in [0, 0.05) is 48.7 Å². The molecule has 7 heteroatoms. The second-order valence-electron chi connectivity index (χ2n) is 7.77. The van der Waals surface area contributed by atoms with Crippen molar-refractivity contribution in [2.45, 2.75) is 6.92 Å². The van der Waals surface area contributed by atoms with Gasteiger partial charge in [-0.3, -0.25) is 4.79 Å². The molecule has 0 aliphatic carbocycles. The van der Waals surface area contributed by atoms with Crippen LogP contribution in [0.15, 0.2) is 67.0 Å². The van der Waals surface area contributed by atoms with Gasteiger partial charge in [-0.15, -0.1) is 0 Å². The molecule has 32 heavy (non-hydrogen) atoms. The number of aromatic amines is 1. The number of H-pyrrole nitrogens is 1. The van der Waals surface area contributed by atoms with Crippen molar-refractivity contribution in [1.82, 2.24) is 19.9 Å². The van der Waals surface area contributed by atoms with Crippen molar-refractivity contribution in [2.24, 2.45) is 0 Å². The maximum atomic E-state index is 13.0. The van der Waals surface area contributed by atoms with Crippen LogP contribution in [0.4, 0.5) is 5.82 Å². The maximum Gasteiger partial charge on any atom is 0.270 e. The summed E-state index contributed by atoms with van der Waals surface area (Å²) in [5.41, 5.74) is 3.51. The summed E-state index contributed by atoms with van der Waals surface area (Å²) in [5.74, 6) is 1.77. The van der Waals surface area contributed by atoms with E-state index in [1.807, 2.05) is 72.5 Å². The summed E-state index contributed by atoms with van der Waals surface area (Å²) in [4.78, 5) is 29.2. The highest BCUT2D eigenvalue weighted by Crippen LogP contribution is 2.24. The third kappa shape index (κ3) is 4.01. The molecule has 162 valence electrons. The smallest absolute Gasteiger partial charge is 0.270 e. The first kappa shape index (κ1) is 20.1. The monoisotopic (exact) mass is 427 g/mol. The van der Waals surface area contributed by atoms with Crippen LogP contribution in [-0.2, 0) is 0 Å². The topological polar surface area (TPSA) is 74.3 Å². The molecular weight excluding hydrogens is 402 g/mol. The van der Waals surface area contributed by atoms with Crippen molar-refractivity contribution < 1.29 is 9.53 Å². The fraction of sp³-hybridized carbons (Fsp3) is 0.240. The molecule has 3 heterocycles. The first-order valence-electron chi connectivity index (χ1n) is 10.9. The molecular formula is C25H25N5O2. The lowest BCUT2D eigenvalue weighted by Crippen LogP contribution is -2.49. The van der Waals surface area contributed by atoms with Crippen molar-refractivity contribution >= 4 is 22.6 Å². The number of carbonyl (C=O) groups excluding carboxylic acids is 1. The second kappa shape index (κ2) is 8.70.